The molecular weight excluding hydrogens is 318 g/mol. The van der Waals surface area contributed by atoms with E-state index >= 15 is 0 Å². The number of aromatic nitrogens is 2. The van der Waals surface area contributed by atoms with Crippen molar-refractivity contribution < 1.29 is 14.4 Å². The third kappa shape index (κ3) is 4.38. The van der Waals surface area contributed by atoms with E-state index in [1.165, 1.54) is 6.40 Å². The minimum Gasteiger partial charge on any atom is -0.507 e. The molecule has 0 aliphatic rings. The van der Waals surface area contributed by atoms with Gasteiger partial charge in [-0.25, -0.2) is 0 Å². The summed E-state index contributed by atoms with van der Waals surface area (Å²) in [6.45, 7) is 14.7. The lowest BCUT2D eigenvalue weighted by atomic mass is 9.78. The number of hydrogen-bond donors (Lipinski definition) is 1. The predicted octanol–water partition coefficient (Wildman–Crippen LogP) is 4.73. The van der Waals surface area contributed by atoms with Crippen molar-refractivity contribution in [3.8, 4) is 17.2 Å². The fraction of sp³-hybridized carbons (Fsp3) is 0.526. The summed E-state index contributed by atoms with van der Waals surface area (Å²) < 4.78 is 10.4. The van der Waals surface area contributed by atoms with Crippen LogP contribution in [0.1, 0.15) is 59.6 Å². The fourth-order valence-electron chi connectivity index (χ4n) is 2.45. The maximum atomic E-state index is 10.8. The number of ether oxygens (including phenoxy) is 1. The Labute approximate surface area is 148 Å². The molecule has 0 bridgehead atoms. The highest BCUT2D eigenvalue weighted by Gasteiger charge is 2.27. The first-order valence-electron chi connectivity index (χ1n) is 8.40. The van der Waals surface area contributed by atoms with E-state index in [4.69, 9.17) is 9.26 Å². The van der Waals surface area contributed by atoms with Crippen molar-refractivity contribution in [1.82, 2.24) is 10.1 Å². The van der Waals surface area contributed by atoms with Gasteiger partial charge in [-0.2, -0.15) is 9.98 Å². The zero-order valence-corrected chi connectivity index (χ0v) is 16.0. The monoisotopic (exact) mass is 345 g/mol. The van der Waals surface area contributed by atoms with Crippen LogP contribution in [0.15, 0.2) is 21.6 Å². The highest BCUT2D eigenvalue weighted by Crippen LogP contribution is 2.41. The first-order valence-corrected chi connectivity index (χ1v) is 8.40. The summed E-state index contributed by atoms with van der Waals surface area (Å²) in [4.78, 5) is 8.28. The summed E-state index contributed by atoms with van der Waals surface area (Å²) in [7, 11) is 0. The van der Waals surface area contributed by atoms with Crippen LogP contribution in [-0.4, -0.2) is 28.3 Å². The van der Waals surface area contributed by atoms with Crippen LogP contribution in [0.25, 0.3) is 11.5 Å². The first kappa shape index (κ1) is 19.0. The highest BCUT2D eigenvalue weighted by atomic mass is 16.5. The van der Waals surface area contributed by atoms with E-state index < -0.39 is 0 Å². The van der Waals surface area contributed by atoms with E-state index in [-0.39, 0.29) is 16.8 Å². The number of hydrogen-bond acceptors (Lipinski definition) is 6. The first-order chi connectivity index (χ1) is 11.5. The van der Waals surface area contributed by atoms with E-state index in [0.717, 1.165) is 16.7 Å². The molecule has 6 nitrogen and oxygen atoms in total. The second-order valence-electron chi connectivity index (χ2n) is 8.01. The van der Waals surface area contributed by atoms with Gasteiger partial charge in [-0.1, -0.05) is 41.5 Å². The molecule has 0 amide bonds. The molecule has 6 heteroatoms. The van der Waals surface area contributed by atoms with Crippen LogP contribution in [0.5, 0.6) is 5.75 Å². The van der Waals surface area contributed by atoms with Gasteiger partial charge in [0.2, 0.25) is 0 Å². The molecule has 0 unspecified atom stereocenters. The Kier molecular flexibility index (Phi) is 5.20. The molecule has 1 aromatic carbocycles. The fourth-order valence-corrected chi connectivity index (χ4v) is 2.45. The smallest absolute Gasteiger partial charge is 0.292 e. The van der Waals surface area contributed by atoms with Gasteiger partial charge in [-0.05, 0) is 35.0 Å². The largest absolute Gasteiger partial charge is 0.507 e. The van der Waals surface area contributed by atoms with Crippen molar-refractivity contribution >= 4 is 12.3 Å². The molecule has 0 spiro atoms. The third-order valence-electron chi connectivity index (χ3n) is 3.80. The molecule has 136 valence electrons. The molecule has 2 aromatic rings. The van der Waals surface area contributed by atoms with E-state index in [1.54, 1.807) is 0 Å². The zero-order chi connectivity index (χ0) is 18.8. The van der Waals surface area contributed by atoms with Crippen LogP contribution >= 0.6 is 0 Å². The molecule has 0 saturated carbocycles. The van der Waals surface area contributed by atoms with Gasteiger partial charge >= 0.3 is 0 Å². The number of aliphatic imine (C=N–C) groups is 1. The van der Waals surface area contributed by atoms with Gasteiger partial charge < -0.3 is 14.4 Å². The Balaban J connectivity index is 2.55. The van der Waals surface area contributed by atoms with E-state index in [0.29, 0.717) is 18.2 Å². The number of rotatable bonds is 4. The molecule has 2 rings (SSSR count). The molecule has 0 aliphatic heterocycles. The Morgan fingerprint density at radius 3 is 2.16 bits per heavy atom. The third-order valence-corrected chi connectivity index (χ3v) is 3.80. The van der Waals surface area contributed by atoms with Crippen molar-refractivity contribution in [2.45, 2.75) is 59.3 Å². The molecule has 0 atom stereocenters. The van der Waals surface area contributed by atoms with Crippen LogP contribution in [0, 0.1) is 0 Å². The Bertz CT molecular complexity index is 730. The van der Waals surface area contributed by atoms with Crippen molar-refractivity contribution in [2.24, 2.45) is 4.99 Å². The Morgan fingerprint density at radius 1 is 1.12 bits per heavy atom. The highest BCUT2D eigenvalue weighted by molar-refractivity contribution is 5.63. The average molecular weight is 345 g/mol. The standard InChI is InChI=1S/C19H27N3O3/c1-8-24-11-20-17-21-16(25-22-17)12-9-13(18(2,3)4)15(23)14(10-12)19(5,6)7/h9-11,23H,8H2,1-7H3. The lowest BCUT2D eigenvalue weighted by molar-refractivity contribution is 0.343. The molecular formula is C19H27N3O3. The lowest BCUT2D eigenvalue weighted by Gasteiger charge is -2.27. The molecule has 25 heavy (non-hydrogen) atoms. The quantitative estimate of drug-likeness (QED) is 0.640. The van der Waals surface area contributed by atoms with Crippen molar-refractivity contribution in [3.05, 3.63) is 23.3 Å². The summed E-state index contributed by atoms with van der Waals surface area (Å²) in [5.74, 6) is 0.878. The normalized spacial score (nSPS) is 12.8. The van der Waals surface area contributed by atoms with Gasteiger partial charge in [-0.3, -0.25) is 0 Å². The Hall–Kier alpha value is -2.37. The van der Waals surface area contributed by atoms with Gasteiger partial charge in [0.05, 0.1) is 6.61 Å². The SMILES string of the molecule is CCOC=Nc1noc(-c2cc(C(C)(C)C)c(O)c(C(C)(C)C)c2)n1. The van der Waals surface area contributed by atoms with Crippen LogP contribution in [0.2, 0.25) is 0 Å². The van der Waals surface area contributed by atoms with E-state index in [1.807, 2.05) is 19.1 Å². The van der Waals surface area contributed by atoms with E-state index in [2.05, 4.69) is 56.7 Å². The van der Waals surface area contributed by atoms with E-state index in [9.17, 15) is 5.11 Å². The minimum atomic E-state index is -0.226. The Morgan fingerprint density at radius 2 is 1.68 bits per heavy atom. The average Bonchev–Trinajstić information content (AvgIpc) is 2.94. The molecule has 0 saturated heterocycles. The van der Waals surface area contributed by atoms with Gasteiger partial charge in [0.25, 0.3) is 11.8 Å². The summed E-state index contributed by atoms with van der Waals surface area (Å²) in [5.41, 5.74) is 1.99. The van der Waals surface area contributed by atoms with Crippen LogP contribution in [0.3, 0.4) is 0 Å². The number of benzene rings is 1. The number of phenols is 1. The maximum absolute atomic E-state index is 10.8. The van der Waals surface area contributed by atoms with Crippen molar-refractivity contribution in [2.75, 3.05) is 6.61 Å². The molecule has 1 heterocycles. The summed E-state index contributed by atoms with van der Waals surface area (Å²) >= 11 is 0. The zero-order valence-electron chi connectivity index (χ0n) is 16.0. The maximum Gasteiger partial charge on any atom is 0.292 e. The summed E-state index contributed by atoms with van der Waals surface area (Å²) in [5, 5.41) is 14.6. The summed E-state index contributed by atoms with van der Waals surface area (Å²) in [6, 6.07) is 3.79. The molecule has 1 aromatic heterocycles. The van der Waals surface area contributed by atoms with Gasteiger partial charge in [-0.15, -0.1) is 0 Å². The minimum absolute atomic E-state index is 0.200. The molecule has 1 N–H and O–H groups in total. The van der Waals surface area contributed by atoms with Crippen molar-refractivity contribution in [1.29, 1.82) is 0 Å². The molecule has 0 fully saturated rings. The molecule has 0 aliphatic carbocycles. The number of nitrogens with zero attached hydrogens (tertiary/aromatic N) is 3. The topological polar surface area (TPSA) is 80.7 Å². The van der Waals surface area contributed by atoms with Crippen LogP contribution < -0.4 is 0 Å². The lowest BCUT2D eigenvalue weighted by Crippen LogP contribution is -2.17. The number of aromatic hydroxyl groups is 1. The number of phenolic OH excluding ortho intramolecular Hbond substituents is 1. The van der Waals surface area contributed by atoms with Crippen LogP contribution in [-0.2, 0) is 15.6 Å². The predicted molar refractivity (Wildman–Crippen MR) is 98.6 cm³/mol. The second-order valence-corrected chi connectivity index (χ2v) is 8.01. The van der Waals surface area contributed by atoms with Gasteiger partial charge in [0, 0.05) is 16.7 Å². The second kappa shape index (κ2) is 6.86. The van der Waals surface area contributed by atoms with Gasteiger partial charge in [0.1, 0.15) is 5.75 Å². The molecule has 0 radical (unpaired) electrons. The van der Waals surface area contributed by atoms with Crippen LogP contribution in [0.4, 0.5) is 5.95 Å². The van der Waals surface area contributed by atoms with Gasteiger partial charge in [0.15, 0.2) is 6.40 Å². The van der Waals surface area contributed by atoms with Crippen molar-refractivity contribution in [3.63, 3.8) is 0 Å². The summed E-state index contributed by atoms with van der Waals surface area (Å²) in [6.07, 6.45) is 1.30.